The Balaban J connectivity index is 1.64. The normalized spacial score (nSPS) is 11.0. The first-order valence-electron chi connectivity index (χ1n) is 8.31. The highest BCUT2D eigenvalue weighted by molar-refractivity contribution is 7.80. The standard InChI is InChI=1S/C20H19N5S/c26-20(23-15-12-17-10-4-6-13-21-17)25-24-19(16-8-2-1-3-9-16)18-11-5-7-14-22-18/h1-11,13-14H,12,15H2,(H2,23,25,26). The van der Waals surface area contributed by atoms with Gasteiger partial charge in [0.1, 0.15) is 5.71 Å². The lowest BCUT2D eigenvalue weighted by Gasteiger charge is -2.10. The Labute approximate surface area is 158 Å². The molecule has 130 valence electrons. The van der Waals surface area contributed by atoms with Crippen LogP contribution in [0, 0.1) is 0 Å². The molecule has 0 unspecified atom stereocenters. The summed E-state index contributed by atoms with van der Waals surface area (Å²) in [6.07, 6.45) is 4.32. The van der Waals surface area contributed by atoms with Gasteiger partial charge in [-0.15, -0.1) is 0 Å². The zero-order valence-corrected chi connectivity index (χ0v) is 15.0. The lowest BCUT2D eigenvalue weighted by molar-refractivity contribution is 0.819. The number of hydrogen-bond donors (Lipinski definition) is 2. The van der Waals surface area contributed by atoms with Crippen LogP contribution in [0.2, 0.25) is 0 Å². The number of hydrogen-bond acceptors (Lipinski definition) is 4. The monoisotopic (exact) mass is 361 g/mol. The van der Waals surface area contributed by atoms with Gasteiger partial charge in [-0.3, -0.25) is 15.4 Å². The molecule has 0 spiro atoms. The van der Waals surface area contributed by atoms with E-state index < -0.39 is 0 Å². The molecule has 2 N–H and O–H groups in total. The fraction of sp³-hybridized carbons (Fsp3) is 0.100. The van der Waals surface area contributed by atoms with E-state index in [4.69, 9.17) is 12.2 Å². The van der Waals surface area contributed by atoms with Crippen molar-refractivity contribution in [1.82, 2.24) is 20.7 Å². The molecule has 2 heterocycles. The van der Waals surface area contributed by atoms with Gasteiger partial charge in [-0.05, 0) is 36.5 Å². The van der Waals surface area contributed by atoms with Crippen LogP contribution in [0.5, 0.6) is 0 Å². The molecule has 3 aromatic rings. The highest BCUT2D eigenvalue weighted by Gasteiger charge is 2.08. The second-order valence-electron chi connectivity index (χ2n) is 5.48. The van der Waals surface area contributed by atoms with Crippen molar-refractivity contribution >= 4 is 23.0 Å². The molecule has 26 heavy (non-hydrogen) atoms. The molecule has 0 atom stereocenters. The quantitative estimate of drug-likeness (QED) is 0.402. The van der Waals surface area contributed by atoms with Crippen LogP contribution >= 0.6 is 12.2 Å². The Kier molecular flexibility index (Phi) is 6.39. The highest BCUT2D eigenvalue weighted by Crippen LogP contribution is 2.08. The van der Waals surface area contributed by atoms with E-state index in [0.717, 1.165) is 29.1 Å². The van der Waals surface area contributed by atoms with Crippen LogP contribution in [0.15, 0.2) is 84.2 Å². The van der Waals surface area contributed by atoms with Crippen molar-refractivity contribution in [2.24, 2.45) is 5.10 Å². The van der Waals surface area contributed by atoms with Crippen LogP contribution in [-0.2, 0) is 6.42 Å². The second-order valence-corrected chi connectivity index (χ2v) is 5.89. The van der Waals surface area contributed by atoms with Gasteiger partial charge < -0.3 is 5.32 Å². The van der Waals surface area contributed by atoms with Gasteiger partial charge in [-0.2, -0.15) is 5.10 Å². The summed E-state index contributed by atoms with van der Waals surface area (Å²) >= 11 is 5.32. The molecule has 0 aliphatic heterocycles. The Morgan fingerprint density at radius 3 is 2.31 bits per heavy atom. The van der Waals surface area contributed by atoms with Crippen LogP contribution in [0.4, 0.5) is 0 Å². The molecule has 0 saturated carbocycles. The number of nitrogens with zero attached hydrogens (tertiary/aromatic N) is 3. The summed E-state index contributed by atoms with van der Waals surface area (Å²) in [6.45, 7) is 0.683. The third-order valence-electron chi connectivity index (χ3n) is 3.62. The summed E-state index contributed by atoms with van der Waals surface area (Å²) in [4.78, 5) is 8.68. The summed E-state index contributed by atoms with van der Waals surface area (Å²) < 4.78 is 0. The van der Waals surface area contributed by atoms with Gasteiger partial charge in [0.15, 0.2) is 5.11 Å². The Morgan fingerprint density at radius 1 is 0.885 bits per heavy atom. The molecule has 0 aliphatic carbocycles. The van der Waals surface area contributed by atoms with Gasteiger partial charge in [0.2, 0.25) is 0 Å². The van der Waals surface area contributed by atoms with Crippen molar-refractivity contribution in [2.45, 2.75) is 6.42 Å². The van der Waals surface area contributed by atoms with Gasteiger partial charge in [-0.25, -0.2) is 0 Å². The Hall–Kier alpha value is -3.12. The van der Waals surface area contributed by atoms with Crippen molar-refractivity contribution in [2.75, 3.05) is 6.54 Å². The minimum absolute atomic E-state index is 0.463. The van der Waals surface area contributed by atoms with Gasteiger partial charge in [0.05, 0.1) is 5.69 Å². The predicted octanol–water partition coefficient (Wildman–Crippen LogP) is 2.94. The minimum atomic E-state index is 0.463. The smallest absolute Gasteiger partial charge is 0.186 e. The minimum Gasteiger partial charge on any atom is -0.361 e. The molecule has 0 radical (unpaired) electrons. The molecule has 6 heteroatoms. The number of aromatic nitrogens is 2. The zero-order chi connectivity index (χ0) is 18.0. The summed E-state index contributed by atoms with van der Waals surface area (Å²) in [5.41, 5.74) is 6.42. The SMILES string of the molecule is S=C(NCCc1ccccn1)NN=C(c1ccccc1)c1ccccn1. The lowest BCUT2D eigenvalue weighted by Crippen LogP contribution is -2.34. The average molecular weight is 361 g/mol. The van der Waals surface area contributed by atoms with Crippen molar-refractivity contribution in [1.29, 1.82) is 0 Å². The summed E-state index contributed by atoms with van der Waals surface area (Å²) in [5.74, 6) is 0. The van der Waals surface area contributed by atoms with E-state index in [2.05, 4.69) is 25.8 Å². The third-order valence-corrected chi connectivity index (χ3v) is 3.85. The predicted molar refractivity (Wildman–Crippen MR) is 108 cm³/mol. The number of nitrogens with one attached hydrogen (secondary N) is 2. The summed E-state index contributed by atoms with van der Waals surface area (Å²) in [7, 11) is 0. The largest absolute Gasteiger partial charge is 0.361 e. The molecule has 3 rings (SSSR count). The number of rotatable bonds is 6. The first-order chi connectivity index (χ1) is 12.8. The molecular weight excluding hydrogens is 342 g/mol. The van der Waals surface area contributed by atoms with Crippen molar-refractivity contribution < 1.29 is 0 Å². The number of pyridine rings is 2. The highest BCUT2D eigenvalue weighted by atomic mass is 32.1. The van der Waals surface area contributed by atoms with Gasteiger partial charge in [0.25, 0.3) is 0 Å². The number of thiocarbonyl (C=S) groups is 1. The summed E-state index contributed by atoms with van der Waals surface area (Å²) in [5, 5.41) is 8.08. The molecule has 0 amide bonds. The zero-order valence-electron chi connectivity index (χ0n) is 14.2. The fourth-order valence-electron chi connectivity index (χ4n) is 2.36. The first kappa shape index (κ1) is 17.7. The van der Waals surface area contributed by atoms with Gasteiger partial charge >= 0.3 is 0 Å². The Morgan fingerprint density at radius 2 is 1.62 bits per heavy atom. The van der Waals surface area contributed by atoms with Crippen molar-refractivity contribution in [3.63, 3.8) is 0 Å². The molecule has 0 aliphatic rings. The van der Waals surface area contributed by atoms with E-state index in [1.54, 1.807) is 12.4 Å². The fourth-order valence-corrected chi connectivity index (χ4v) is 2.51. The average Bonchev–Trinajstić information content (AvgIpc) is 2.71. The molecule has 0 bridgehead atoms. The third kappa shape index (κ3) is 5.19. The maximum atomic E-state index is 5.32. The van der Waals surface area contributed by atoms with E-state index in [0.29, 0.717) is 11.7 Å². The maximum Gasteiger partial charge on any atom is 0.186 e. The number of hydrazone groups is 1. The van der Waals surface area contributed by atoms with Gasteiger partial charge in [-0.1, -0.05) is 42.5 Å². The van der Waals surface area contributed by atoms with E-state index >= 15 is 0 Å². The van der Waals surface area contributed by atoms with E-state index in [9.17, 15) is 0 Å². The van der Waals surface area contributed by atoms with Crippen LogP contribution in [-0.4, -0.2) is 27.3 Å². The molecule has 5 nitrogen and oxygen atoms in total. The maximum absolute atomic E-state index is 5.32. The van der Waals surface area contributed by atoms with Crippen LogP contribution in [0.25, 0.3) is 0 Å². The lowest BCUT2D eigenvalue weighted by atomic mass is 10.1. The van der Waals surface area contributed by atoms with E-state index in [1.165, 1.54) is 0 Å². The molecule has 0 saturated heterocycles. The molecule has 1 aromatic carbocycles. The van der Waals surface area contributed by atoms with Crippen molar-refractivity contribution in [3.05, 3.63) is 96.1 Å². The first-order valence-corrected chi connectivity index (χ1v) is 8.72. The van der Waals surface area contributed by atoms with Crippen molar-refractivity contribution in [3.8, 4) is 0 Å². The molecule has 2 aromatic heterocycles. The second kappa shape index (κ2) is 9.39. The summed E-state index contributed by atoms with van der Waals surface area (Å²) in [6, 6.07) is 21.5. The van der Waals surface area contributed by atoms with Crippen LogP contribution < -0.4 is 10.7 Å². The van der Waals surface area contributed by atoms with E-state index in [1.807, 2.05) is 66.7 Å². The number of benzene rings is 1. The molecular formula is C20H19N5S. The van der Waals surface area contributed by atoms with Crippen LogP contribution in [0.3, 0.4) is 0 Å². The van der Waals surface area contributed by atoms with Gasteiger partial charge in [0, 0.05) is 36.6 Å². The molecule has 0 fully saturated rings. The van der Waals surface area contributed by atoms with E-state index in [-0.39, 0.29) is 0 Å². The van der Waals surface area contributed by atoms with Crippen LogP contribution in [0.1, 0.15) is 17.0 Å². The topological polar surface area (TPSA) is 62.2 Å². The Bertz CT molecular complexity index is 810.